The molecular formula is C16H21NO3S2. The van der Waals surface area contributed by atoms with E-state index in [4.69, 9.17) is 0 Å². The van der Waals surface area contributed by atoms with Crippen molar-refractivity contribution in [1.29, 1.82) is 0 Å². The summed E-state index contributed by atoms with van der Waals surface area (Å²) in [5, 5.41) is 3.57. The molecule has 0 radical (unpaired) electrons. The number of rotatable bonds is 4. The fourth-order valence-electron chi connectivity index (χ4n) is 3.10. The maximum absolute atomic E-state index is 12.3. The van der Waals surface area contributed by atoms with E-state index in [9.17, 15) is 13.2 Å². The Kier molecular flexibility index (Phi) is 4.78. The summed E-state index contributed by atoms with van der Waals surface area (Å²) in [7, 11) is -3.03. The smallest absolute Gasteiger partial charge is 0.228 e. The summed E-state index contributed by atoms with van der Waals surface area (Å²) in [4.78, 5) is 13.4. The van der Waals surface area contributed by atoms with Gasteiger partial charge in [0.15, 0.2) is 9.84 Å². The third-order valence-corrected chi connectivity index (χ3v) is 7.53. The molecule has 1 atom stereocenters. The van der Waals surface area contributed by atoms with E-state index in [-0.39, 0.29) is 17.4 Å². The number of para-hydroxylation sites is 1. The van der Waals surface area contributed by atoms with Crippen LogP contribution in [0.4, 0.5) is 5.69 Å². The highest BCUT2D eigenvalue weighted by molar-refractivity contribution is 8.00. The first-order valence-corrected chi connectivity index (χ1v) is 10.5. The average molecular weight is 339 g/mol. The molecular weight excluding hydrogens is 318 g/mol. The SMILES string of the molecule is O=C(Nc1ccccc1SC1CCCC1)[C@H]1CCS(=O)(=O)C1. The Morgan fingerprint density at radius 3 is 2.55 bits per heavy atom. The zero-order chi connectivity index (χ0) is 15.6. The van der Waals surface area contributed by atoms with Crippen LogP contribution in [0.2, 0.25) is 0 Å². The van der Waals surface area contributed by atoms with Crippen molar-refractivity contribution in [2.75, 3.05) is 16.8 Å². The van der Waals surface area contributed by atoms with Crippen molar-refractivity contribution in [3.63, 3.8) is 0 Å². The van der Waals surface area contributed by atoms with Crippen molar-refractivity contribution >= 4 is 33.2 Å². The second-order valence-electron chi connectivity index (χ2n) is 6.11. The zero-order valence-electron chi connectivity index (χ0n) is 12.5. The molecule has 0 bridgehead atoms. The number of nitrogens with one attached hydrogen (secondary N) is 1. The van der Waals surface area contributed by atoms with Crippen LogP contribution >= 0.6 is 11.8 Å². The number of sulfone groups is 1. The van der Waals surface area contributed by atoms with Gasteiger partial charge < -0.3 is 5.32 Å². The quantitative estimate of drug-likeness (QED) is 0.915. The zero-order valence-corrected chi connectivity index (χ0v) is 14.1. The lowest BCUT2D eigenvalue weighted by Gasteiger charge is -2.15. The molecule has 3 rings (SSSR count). The van der Waals surface area contributed by atoms with Crippen molar-refractivity contribution in [3.05, 3.63) is 24.3 Å². The number of anilines is 1. The molecule has 120 valence electrons. The number of carbonyl (C=O) groups is 1. The molecule has 1 saturated carbocycles. The lowest BCUT2D eigenvalue weighted by Crippen LogP contribution is -2.24. The molecule has 22 heavy (non-hydrogen) atoms. The second-order valence-corrected chi connectivity index (χ2v) is 9.68. The molecule has 4 nitrogen and oxygen atoms in total. The first-order valence-electron chi connectivity index (χ1n) is 7.80. The number of hydrogen-bond acceptors (Lipinski definition) is 4. The van der Waals surface area contributed by atoms with Crippen molar-refractivity contribution in [2.45, 2.75) is 42.2 Å². The van der Waals surface area contributed by atoms with Crippen molar-refractivity contribution < 1.29 is 13.2 Å². The predicted octanol–water partition coefficient (Wildman–Crippen LogP) is 3.09. The van der Waals surface area contributed by atoms with Crippen molar-refractivity contribution in [2.24, 2.45) is 5.92 Å². The van der Waals surface area contributed by atoms with E-state index in [0.29, 0.717) is 11.7 Å². The maximum atomic E-state index is 12.3. The summed E-state index contributed by atoms with van der Waals surface area (Å²) in [6, 6.07) is 7.81. The molecule has 1 aromatic rings. The van der Waals surface area contributed by atoms with Crippen LogP contribution in [0, 0.1) is 5.92 Å². The number of benzene rings is 1. The van der Waals surface area contributed by atoms with Crippen molar-refractivity contribution in [3.8, 4) is 0 Å². The van der Waals surface area contributed by atoms with Crippen LogP contribution in [0.5, 0.6) is 0 Å². The summed E-state index contributed by atoms with van der Waals surface area (Å²) in [6.45, 7) is 0. The summed E-state index contributed by atoms with van der Waals surface area (Å²) in [6.07, 6.45) is 5.46. The Morgan fingerprint density at radius 1 is 1.14 bits per heavy atom. The molecule has 1 aliphatic heterocycles. The molecule has 0 spiro atoms. The molecule has 6 heteroatoms. The van der Waals surface area contributed by atoms with Gasteiger partial charge in [0.25, 0.3) is 0 Å². The lowest BCUT2D eigenvalue weighted by atomic mass is 10.1. The first kappa shape index (κ1) is 15.9. The van der Waals surface area contributed by atoms with Crippen molar-refractivity contribution in [1.82, 2.24) is 0 Å². The average Bonchev–Trinajstić information content (AvgIpc) is 3.10. The first-order chi connectivity index (χ1) is 10.5. The van der Waals surface area contributed by atoms with Gasteiger partial charge >= 0.3 is 0 Å². The Bertz CT molecular complexity index is 651. The molecule has 0 aromatic heterocycles. The van der Waals surface area contributed by atoms with E-state index < -0.39 is 15.8 Å². The summed E-state index contributed by atoms with van der Waals surface area (Å²) in [5.74, 6) is -0.463. The fraction of sp³-hybridized carbons (Fsp3) is 0.562. The minimum absolute atomic E-state index is 0.0171. The van der Waals surface area contributed by atoms with E-state index in [1.54, 1.807) is 0 Å². The van der Waals surface area contributed by atoms with Gasteiger partial charge in [-0.05, 0) is 31.4 Å². The highest BCUT2D eigenvalue weighted by atomic mass is 32.2. The van der Waals surface area contributed by atoms with Crippen LogP contribution in [-0.2, 0) is 14.6 Å². The molecule has 1 heterocycles. The molecule has 2 fully saturated rings. The minimum Gasteiger partial charge on any atom is -0.325 e. The largest absolute Gasteiger partial charge is 0.325 e. The fourth-order valence-corrected chi connectivity index (χ4v) is 6.17. The minimum atomic E-state index is -3.03. The van der Waals surface area contributed by atoms with Gasteiger partial charge in [-0.15, -0.1) is 11.8 Å². The molecule has 0 unspecified atom stereocenters. The summed E-state index contributed by atoms with van der Waals surface area (Å²) in [5.41, 5.74) is 0.814. The molecule has 2 aliphatic rings. The van der Waals surface area contributed by atoms with E-state index in [1.165, 1.54) is 25.7 Å². The van der Waals surface area contributed by atoms with Crippen LogP contribution in [0.3, 0.4) is 0 Å². The van der Waals surface area contributed by atoms with Gasteiger partial charge in [0.1, 0.15) is 0 Å². The van der Waals surface area contributed by atoms with Gasteiger partial charge in [-0.2, -0.15) is 0 Å². The monoisotopic (exact) mass is 339 g/mol. The van der Waals surface area contributed by atoms with E-state index in [2.05, 4.69) is 5.32 Å². The van der Waals surface area contributed by atoms with E-state index >= 15 is 0 Å². The Hall–Kier alpha value is -1.01. The van der Waals surface area contributed by atoms with Gasteiger partial charge in [-0.3, -0.25) is 4.79 Å². The Morgan fingerprint density at radius 2 is 1.86 bits per heavy atom. The van der Waals surface area contributed by atoms with Gasteiger partial charge in [-0.25, -0.2) is 8.42 Å². The van der Waals surface area contributed by atoms with E-state index in [0.717, 1.165) is 10.6 Å². The molecule has 1 amide bonds. The van der Waals surface area contributed by atoms with Crippen LogP contribution in [0.15, 0.2) is 29.2 Å². The third kappa shape index (κ3) is 3.84. The van der Waals surface area contributed by atoms with Gasteiger partial charge in [0.05, 0.1) is 23.1 Å². The number of amides is 1. The molecule has 1 aliphatic carbocycles. The Labute approximate surface area is 136 Å². The normalized spacial score (nSPS) is 24.5. The second kappa shape index (κ2) is 6.62. The molecule has 1 saturated heterocycles. The number of carbonyl (C=O) groups excluding carboxylic acids is 1. The lowest BCUT2D eigenvalue weighted by molar-refractivity contribution is -0.119. The van der Waals surface area contributed by atoms with Gasteiger partial charge in [0, 0.05) is 10.1 Å². The van der Waals surface area contributed by atoms with E-state index in [1.807, 2.05) is 36.0 Å². The maximum Gasteiger partial charge on any atom is 0.228 e. The highest BCUT2D eigenvalue weighted by Crippen LogP contribution is 2.38. The number of hydrogen-bond donors (Lipinski definition) is 1. The third-order valence-electron chi connectivity index (χ3n) is 4.34. The predicted molar refractivity (Wildman–Crippen MR) is 89.9 cm³/mol. The Balaban J connectivity index is 1.68. The molecule has 1 N–H and O–H groups in total. The standard InChI is InChI=1S/C16H21NO3S2/c18-16(12-9-10-22(19,20)11-12)17-14-7-3-4-8-15(14)21-13-5-1-2-6-13/h3-4,7-8,12-13H,1-2,5-6,9-11H2,(H,17,18)/t12-/m0/s1. The van der Waals surface area contributed by atoms with Gasteiger partial charge in [-0.1, -0.05) is 25.0 Å². The highest BCUT2D eigenvalue weighted by Gasteiger charge is 2.33. The summed E-state index contributed by atoms with van der Waals surface area (Å²) >= 11 is 1.83. The topological polar surface area (TPSA) is 63.2 Å². The summed E-state index contributed by atoms with van der Waals surface area (Å²) < 4.78 is 23.0. The molecule has 1 aromatic carbocycles. The van der Waals surface area contributed by atoms with Gasteiger partial charge in [0.2, 0.25) is 5.91 Å². The number of thioether (sulfide) groups is 1. The van der Waals surface area contributed by atoms with Crippen LogP contribution in [0.1, 0.15) is 32.1 Å². The van der Waals surface area contributed by atoms with Crippen LogP contribution < -0.4 is 5.32 Å². The van der Waals surface area contributed by atoms with Crippen LogP contribution in [-0.4, -0.2) is 31.1 Å². The van der Waals surface area contributed by atoms with Crippen LogP contribution in [0.25, 0.3) is 0 Å².